The largest absolute Gasteiger partial charge is 0.310 e. The standard InChI is InChI=1S/C12H14N4S/c1-8-9(4-14-10-2-3-10)5-15-12(16-8)11-6-13-7-17-11/h5-7,10,14H,2-4H2,1H3. The van der Waals surface area contributed by atoms with E-state index in [4.69, 9.17) is 0 Å². The zero-order chi connectivity index (χ0) is 11.7. The lowest BCUT2D eigenvalue weighted by atomic mass is 10.2. The van der Waals surface area contributed by atoms with Crippen LogP contribution in [0.15, 0.2) is 17.9 Å². The molecule has 0 aromatic carbocycles. The van der Waals surface area contributed by atoms with Gasteiger partial charge in [0, 0.05) is 36.2 Å². The van der Waals surface area contributed by atoms with Gasteiger partial charge in [0.1, 0.15) is 0 Å². The first kappa shape index (κ1) is 10.8. The van der Waals surface area contributed by atoms with E-state index in [1.165, 1.54) is 18.4 Å². The van der Waals surface area contributed by atoms with Gasteiger partial charge in [-0.3, -0.25) is 4.98 Å². The summed E-state index contributed by atoms with van der Waals surface area (Å²) in [5.41, 5.74) is 4.04. The second-order valence-corrected chi connectivity index (χ2v) is 5.21. The van der Waals surface area contributed by atoms with Gasteiger partial charge in [0.05, 0.1) is 10.4 Å². The van der Waals surface area contributed by atoms with Crippen LogP contribution in [0.5, 0.6) is 0 Å². The third-order valence-corrected chi connectivity index (χ3v) is 3.66. The van der Waals surface area contributed by atoms with Crippen LogP contribution in [-0.2, 0) is 6.54 Å². The Morgan fingerprint density at radius 1 is 1.41 bits per heavy atom. The van der Waals surface area contributed by atoms with Crippen molar-refractivity contribution in [1.82, 2.24) is 20.3 Å². The second kappa shape index (κ2) is 4.50. The number of aromatic nitrogens is 3. The van der Waals surface area contributed by atoms with E-state index in [1.807, 2.05) is 19.3 Å². The molecule has 0 amide bonds. The van der Waals surface area contributed by atoms with Crippen LogP contribution in [0.4, 0.5) is 0 Å². The van der Waals surface area contributed by atoms with Gasteiger partial charge in [-0.05, 0) is 19.8 Å². The Morgan fingerprint density at radius 2 is 2.29 bits per heavy atom. The number of nitrogens with zero attached hydrogens (tertiary/aromatic N) is 3. The summed E-state index contributed by atoms with van der Waals surface area (Å²) in [6.45, 7) is 2.91. The van der Waals surface area contributed by atoms with Crippen LogP contribution in [0.2, 0.25) is 0 Å². The van der Waals surface area contributed by atoms with Crippen molar-refractivity contribution in [3.63, 3.8) is 0 Å². The summed E-state index contributed by atoms with van der Waals surface area (Å²) >= 11 is 1.57. The molecule has 3 rings (SSSR count). The van der Waals surface area contributed by atoms with Gasteiger partial charge in [0.25, 0.3) is 0 Å². The zero-order valence-electron chi connectivity index (χ0n) is 9.68. The predicted octanol–water partition coefficient (Wildman–Crippen LogP) is 2.16. The Labute approximate surface area is 104 Å². The summed E-state index contributed by atoms with van der Waals surface area (Å²) < 4.78 is 0. The topological polar surface area (TPSA) is 50.7 Å². The van der Waals surface area contributed by atoms with E-state index in [9.17, 15) is 0 Å². The maximum atomic E-state index is 4.53. The molecule has 1 aliphatic carbocycles. The highest BCUT2D eigenvalue weighted by Gasteiger charge is 2.20. The summed E-state index contributed by atoms with van der Waals surface area (Å²) in [6.07, 6.45) is 6.34. The van der Waals surface area contributed by atoms with Crippen molar-refractivity contribution in [2.24, 2.45) is 0 Å². The zero-order valence-corrected chi connectivity index (χ0v) is 10.5. The molecule has 5 heteroatoms. The molecule has 17 heavy (non-hydrogen) atoms. The van der Waals surface area contributed by atoms with Crippen molar-refractivity contribution in [3.8, 4) is 10.7 Å². The van der Waals surface area contributed by atoms with E-state index < -0.39 is 0 Å². The van der Waals surface area contributed by atoms with Crippen molar-refractivity contribution in [2.45, 2.75) is 32.4 Å². The van der Waals surface area contributed by atoms with Crippen LogP contribution in [0.1, 0.15) is 24.1 Å². The minimum absolute atomic E-state index is 0.718. The molecule has 1 saturated carbocycles. The molecule has 0 unspecified atom stereocenters. The number of aryl methyl sites for hydroxylation is 1. The average Bonchev–Trinajstić information content (AvgIpc) is 3.00. The van der Waals surface area contributed by atoms with Crippen LogP contribution < -0.4 is 5.32 Å². The number of hydrogen-bond acceptors (Lipinski definition) is 5. The quantitative estimate of drug-likeness (QED) is 0.898. The minimum Gasteiger partial charge on any atom is -0.310 e. The van der Waals surface area contributed by atoms with Gasteiger partial charge in [-0.25, -0.2) is 9.97 Å². The second-order valence-electron chi connectivity index (χ2n) is 4.33. The fourth-order valence-corrected chi connectivity index (χ4v) is 2.21. The minimum atomic E-state index is 0.718. The van der Waals surface area contributed by atoms with E-state index in [0.717, 1.165) is 29.0 Å². The van der Waals surface area contributed by atoms with Gasteiger partial charge in [0.2, 0.25) is 0 Å². The Balaban J connectivity index is 1.78. The first-order valence-corrected chi connectivity index (χ1v) is 6.65. The maximum Gasteiger partial charge on any atom is 0.171 e. The van der Waals surface area contributed by atoms with E-state index in [1.54, 1.807) is 16.8 Å². The number of hydrogen-bond donors (Lipinski definition) is 1. The van der Waals surface area contributed by atoms with Gasteiger partial charge in [-0.15, -0.1) is 11.3 Å². The molecule has 0 saturated heterocycles. The van der Waals surface area contributed by atoms with Gasteiger partial charge in [-0.2, -0.15) is 0 Å². The Kier molecular flexibility index (Phi) is 2.86. The molecule has 0 spiro atoms. The van der Waals surface area contributed by atoms with Crippen molar-refractivity contribution in [3.05, 3.63) is 29.2 Å². The normalized spacial score (nSPS) is 15.1. The van der Waals surface area contributed by atoms with Crippen LogP contribution >= 0.6 is 11.3 Å². The first-order valence-electron chi connectivity index (χ1n) is 5.77. The monoisotopic (exact) mass is 246 g/mol. The fraction of sp³-hybridized carbons (Fsp3) is 0.417. The van der Waals surface area contributed by atoms with Gasteiger partial charge < -0.3 is 5.32 Å². The van der Waals surface area contributed by atoms with Gasteiger partial charge in [0.15, 0.2) is 5.82 Å². The molecule has 0 aliphatic heterocycles. The van der Waals surface area contributed by atoms with Crippen LogP contribution in [0.25, 0.3) is 10.7 Å². The van der Waals surface area contributed by atoms with Crippen LogP contribution in [0, 0.1) is 6.92 Å². The van der Waals surface area contributed by atoms with Crippen molar-refractivity contribution >= 4 is 11.3 Å². The molecule has 0 atom stereocenters. The summed E-state index contributed by atoms with van der Waals surface area (Å²) in [7, 11) is 0. The molecule has 1 fully saturated rings. The molecular formula is C12H14N4S. The summed E-state index contributed by atoms with van der Waals surface area (Å²) in [6, 6.07) is 0.718. The molecule has 4 nitrogen and oxygen atoms in total. The number of nitrogens with one attached hydrogen (secondary N) is 1. The number of thiazole rings is 1. The van der Waals surface area contributed by atoms with E-state index >= 15 is 0 Å². The lowest BCUT2D eigenvalue weighted by molar-refractivity contribution is 0.680. The average molecular weight is 246 g/mol. The summed E-state index contributed by atoms with van der Waals surface area (Å²) in [4.78, 5) is 14.0. The highest BCUT2D eigenvalue weighted by atomic mass is 32.1. The third kappa shape index (κ3) is 2.50. The highest BCUT2D eigenvalue weighted by Crippen LogP contribution is 2.21. The Bertz CT molecular complexity index is 505. The molecule has 2 aromatic rings. The van der Waals surface area contributed by atoms with Crippen molar-refractivity contribution < 1.29 is 0 Å². The van der Waals surface area contributed by atoms with Crippen LogP contribution in [-0.4, -0.2) is 21.0 Å². The molecule has 88 valence electrons. The summed E-state index contributed by atoms with van der Waals surface area (Å²) in [5, 5.41) is 3.48. The molecule has 2 heterocycles. The predicted molar refractivity (Wildman–Crippen MR) is 67.7 cm³/mol. The molecule has 0 radical (unpaired) electrons. The smallest absolute Gasteiger partial charge is 0.171 e. The third-order valence-electron chi connectivity index (χ3n) is 2.89. The van der Waals surface area contributed by atoms with Crippen LogP contribution in [0.3, 0.4) is 0 Å². The lowest BCUT2D eigenvalue weighted by Crippen LogP contribution is -2.16. The maximum absolute atomic E-state index is 4.53. The molecule has 0 bridgehead atoms. The molecule has 1 aliphatic rings. The van der Waals surface area contributed by atoms with Gasteiger partial charge in [-0.1, -0.05) is 0 Å². The Morgan fingerprint density at radius 3 is 2.94 bits per heavy atom. The Hall–Kier alpha value is -1.33. The van der Waals surface area contributed by atoms with Crippen molar-refractivity contribution in [1.29, 1.82) is 0 Å². The molecule has 1 N–H and O–H groups in total. The molecular weight excluding hydrogens is 232 g/mol. The van der Waals surface area contributed by atoms with E-state index in [2.05, 4.69) is 20.3 Å². The molecule has 2 aromatic heterocycles. The lowest BCUT2D eigenvalue weighted by Gasteiger charge is -2.06. The summed E-state index contributed by atoms with van der Waals surface area (Å²) in [5.74, 6) is 0.778. The SMILES string of the molecule is Cc1nc(-c2cncs2)ncc1CNC1CC1. The number of rotatable bonds is 4. The first-order chi connectivity index (χ1) is 8.33. The van der Waals surface area contributed by atoms with E-state index in [0.29, 0.717) is 0 Å². The van der Waals surface area contributed by atoms with Crippen molar-refractivity contribution in [2.75, 3.05) is 0 Å². The van der Waals surface area contributed by atoms with E-state index in [-0.39, 0.29) is 0 Å². The van der Waals surface area contributed by atoms with Gasteiger partial charge >= 0.3 is 0 Å². The highest BCUT2D eigenvalue weighted by molar-refractivity contribution is 7.13. The fourth-order valence-electron chi connectivity index (χ4n) is 1.65.